The molecule has 2 aromatic rings. The van der Waals surface area contributed by atoms with Crippen LogP contribution in [0.15, 0.2) is 47.6 Å². The molecule has 0 bridgehead atoms. The number of nitrogens with one attached hydrogen (secondary N) is 3. The van der Waals surface area contributed by atoms with E-state index in [0.717, 1.165) is 54.0 Å². The van der Waals surface area contributed by atoms with E-state index in [4.69, 9.17) is 10.2 Å². The van der Waals surface area contributed by atoms with Crippen LogP contribution in [0.5, 0.6) is 0 Å². The Morgan fingerprint density at radius 1 is 0.953 bits per heavy atom. The standard InChI is InChI=1S/C32H39N5O6/c1-32(2,3)26(38)17-20-12-13-25-24(16-20)30(21-8-5-4-6-9-21)36-37(31(43)35-25)19-28(40)34-23-11-7-10-22(18-23)33-27(39)14-15-29(41)42/h7,10-13,16,18,21H,4-6,8-9,14-15,17,19H2,1-3H3,(H,33,39)(H,34,40)(H,35,43)(H,41,42). The second kappa shape index (κ2) is 13.6. The second-order valence-electron chi connectivity index (χ2n) is 12.1. The van der Waals surface area contributed by atoms with Crippen molar-refractivity contribution in [2.45, 2.75) is 72.1 Å². The quantitative estimate of drug-likeness (QED) is 0.290. The normalized spacial score (nSPS) is 15.5. The minimum Gasteiger partial charge on any atom is -0.481 e. The number of Topliss-reactive ketones (excluding diaryl/α,β-unsaturated/α-hetero) is 1. The minimum absolute atomic E-state index is 0.112. The number of hydrogen-bond acceptors (Lipinski definition) is 6. The number of nitrogens with zero attached hydrogens (tertiary/aromatic N) is 2. The molecule has 0 radical (unpaired) electrons. The number of carbonyl (C=O) groups excluding carboxylic acids is 4. The van der Waals surface area contributed by atoms with Crippen LogP contribution in [0.25, 0.3) is 0 Å². The van der Waals surface area contributed by atoms with Crippen LogP contribution in [0, 0.1) is 11.3 Å². The maximum atomic E-state index is 13.3. The Bertz CT molecular complexity index is 1440. The Morgan fingerprint density at radius 2 is 1.63 bits per heavy atom. The Hall–Kier alpha value is -4.54. The van der Waals surface area contributed by atoms with Gasteiger partial charge < -0.3 is 21.1 Å². The summed E-state index contributed by atoms with van der Waals surface area (Å²) in [5, 5.41) is 22.9. The number of carbonyl (C=O) groups is 5. The predicted octanol–water partition coefficient (Wildman–Crippen LogP) is 5.42. The Labute approximate surface area is 251 Å². The lowest BCUT2D eigenvalue weighted by molar-refractivity contribution is -0.138. The van der Waals surface area contributed by atoms with Gasteiger partial charge in [-0.3, -0.25) is 19.2 Å². The van der Waals surface area contributed by atoms with Gasteiger partial charge in [0.1, 0.15) is 12.3 Å². The van der Waals surface area contributed by atoms with Crippen molar-refractivity contribution in [3.05, 3.63) is 53.6 Å². The van der Waals surface area contributed by atoms with Gasteiger partial charge in [-0.2, -0.15) is 5.10 Å². The molecule has 4 rings (SSSR count). The lowest BCUT2D eigenvalue weighted by atomic mass is 9.82. The van der Waals surface area contributed by atoms with Crippen molar-refractivity contribution in [3.63, 3.8) is 0 Å². The van der Waals surface area contributed by atoms with Gasteiger partial charge in [0.2, 0.25) is 11.8 Å². The fourth-order valence-corrected chi connectivity index (χ4v) is 5.12. The fourth-order valence-electron chi connectivity index (χ4n) is 5.12. The number of hydrogen-bond donors (Lipinski definition) is 4. The first kappa shape index (κ1) is 31.4. The molecular formula is C32H39N5O6. The molecule has 2 aliphatic rings. The number of hydrazone groups is 1. The van der Waals surface area contributed by atoms with Gasteiger partial charge in [0.25, 0.3) is 0 Å². The van der Waals surface area contributed by atoms with Crippen molar-refractivity contribution in [3.8, 4) is 0 Å². The summed E-state index contributed by atoms with van der Waals surface area (Å²) in [4.78, 5) is 61.8. The van der Waals surface area contributed by atoms with Gasteiger partial charge in [-0.1, -0.05) is 52.2 Å². The second-order valence-corrected chi connectivity index (χ2v) is 12.1. The van der Waals surface area contributed by atoms with Crippen LogP contribution in [-0.2, 0) is 25.6 Å². The number of carboxylic acid groups (broad SMARTS) is 1. The first-order chi connectivity index (χ1) is 20.4. The summed E-state index contributed by atoms with van der Waals surface area (Å²) in [5.74, 6) is -1.78. The number of urea groups is 1. The number of anilines is 3. The van der Waals surface area contributed by atoms with E-state index in [2.05, 4.69) is 16.0 Å². The molecule has 0 spiro atoms. The predicted molar refractivity (Wildman–Crippen MR) is 164 cm³/mol. The highest BCUT2D eigenvalue weighted by Gasteiger charge is 2.30. The molecule has 0 saturated heterocycles. The third kappa shape index (κ3) is 8.73. The van der Waals surface area contributed by atoms with E-state index in [1.54, 1.807) is 30.3 Å². The van der Waals surface area contributed by atoms with E-state index >= 15 is 0 Å². The summed E-state index contributed by atoms with van der Waals surface area (Å²) >= 11 is 0. The average Bonchev–Trinajstić information content (AvgIpc) is 3.08. The van der Waals surface area contributed by atoms with Crippen molar-refractivity contribution in [1.82, 2.24) is 5.01 Å². The molecule has 228 valence electrons. The zero-order chi connectivity index (χ0) is 31.1. The summed E-state index contributed by atoms with van der Waals surface area (Å²) < 4.78 is 0. The summed E-state index contributed by atoms with van der Waals surface area (Å²) in [6.07, 6.45) is 4.88. The molecule has 0 unspecified atom stereocenters. The molecule has 4 amide bonds. The highest BCUT2D eigenvalue weighted by Crippen LogP contribution is 2.33. The molecule has 1 fully saturated rings. The van der Waals surface area contributed by atoms with Crippen LogP contribution in [0.4, 0.5) is 21.9 Å². The van der Waals surface area contributed by atoms with E-state index in [9.17, 15) is 24.0 Å². The molecular weight excluding hydrogens is 550 g/mol. The van der Waals surface area contributed by atoms with E-state index in [1.165, 1.54) is 0 Å². The number of ketones is 1. The fraction of sp³-hybridized carbons (Fsp3) is 0.438. The molecule has 1 saturated carbocycles. The number of carboxylic acids is 1. The summed E-state index contributed by atoms with van der Waals surface area (Å²) in [6.45, 7) is 5.34. The number of fused-ring (bicyclic) bond motifs is 1. The molecule has 4 N–H and O–H groups in total. The van der Waals surface area contributed by atoms with Crippen LogP contribution in [0.2, 0.25) is 0 Å². The zero-order valence-corrected chi connectivity index (χ0v) is 24.9. The van der Waals surface area contributed by atoms with Crippen molar-refractivity contribution in [2.75, 3.05) is 22.5 Å². The topological polar surface area (TPSA) is 157 Å². The number of aliphatic carboxylic acids is 1. The zero-order valence-electron chi connectivity index (χ0n) is 24.9. The van der Waals surface area contributed by atoms with Crippen LogP contribution >= 0.6 is 0 Å². The highest BCUT2D eigenvalue weighted by atomic mass is 16.4. The van der Waals surface area contributed by atoms with Crippen LogP contribution in [-0.4, -0.2) is 52.0 Å². The smallest absolute Gasteiger partial charge is 0.342 e. The van der Waals surface area contributed by atoms with Crippen LogP contribution in [0.3, 0.4) is 0 Å². The average molecular weight is 590 g/mol. The first-order valence-electron chi connectivity index (χ1n) is 14.6. The molecule has 0 atom stereocenters. The summed E-state index contributed by atoms with van der Waals surface area (Å²) in [7, 11) is 0. The monoisotopic (exact) mass is 589 g/mol. The molecule has 2 aromatic carbocycles. The number of rotatable bonds is 10. The lowest BCUT2D eigenvalue weighted by Crippen LogP contribution is -2.37. The van der Waals surface area contributed by atoms with E-state index < -0.39 is 29.2 Å². The molecule has 0 aromatic heterocycles. The van der Waals surface area contributed by atoms with Crippen LogP contribution < -0.4 is 16.0 Å². The minimum atomic E-state index is -1.07. The van der Waals surface area contributed by atoms with Crippen molar-refractivity contribution < 1.29 is 29.1 Å². The van der Waals surface area contributed by atoms with Gasteiger partial charge in [-0.15, -0.1) is 0 Å². The number of benzene rings is 2. The SMILES string of the molecule is CC(C)(C)C(=O)Cc1ccc2c(c1)C(C1CCCCC1)=NN(CC(=O)Nc1cccc(NC(=O)CCC(=O)O)c1)C(=O)N2. The third-order valence-corrected chi connectivity index (χ3v) is 7.55. The molecule has 1 aliphatic carbocycles. The lowest BCUT2D eigenvalue weighted by Gasteiger charge is -2.25. The Balaban J connectivity index is 1.53. The first-order valence-corrected chi connectivity index (χ1v) is 14.6. The van der Waals surface area contributed by atoms with Gasteiger partial charge in [-0.25, -0.2) is 9.80 Å². The molecule has 1 aliphatic heterocycles. The number of amides is 4. The largest absolute Gasteiger partial charge is 0.481 e. The summed E-state index contributed by atoms with van der Waals surface area (Å²) in [6, 6.07) is 11.5. The summed E-state index contributed by atoms with van der Waals surface area (Å²) in [5.41, 5.74) is 3.26. The van der Waals surface area contributed by atoms with E-state index in [1.807, 2.05) is 32.9 Å². The molecule has 11 nitrogen and oxygen atoms in total. The van der Waals surface area contributed by atoms with E-state index in [-0.39, 0.29) is 37.5 Å². The highest BCUT2D eigenvalue weighted by molar-refractivity contribution is 6.11. The molecule has 11 heteroatoms. The Kier molecular flexibility index (Phi) is 9.95. The van der Waals surface area contributed by atoms with Crippen molar-refractivity contribution in [1.29, 1.82) is 0 Å². The van der Waals surface area contributed by atoms with Crippen molar-refractivity contribution in [2.24, 2.45) is 16.4 Å². The van der Waals surface area contributed by atoms with Gasteiger partial charge in [-0.05, 0) is 48.7 Å². The van der Waals surface area contributed by atoms with E-state index in [0.29, 0.717) is 17.1 Å². The maximum Gasteiger partial charge on any atom is 0.342 e. The Morgan fingerprint density at radius 3 is 2.28 bits per heavy atom. The van der Waals surface area contributed by atoms with Gasteiger partial charge >= 0.3 is 12.0 Å². The molecule has 1 heterocycles. The van der Waals surface area contributed by atoms with Crippen molar-refractivity contribution >= 4 is 52.4 Å². The van der Waals surface area contributed by atoms with Crippen LogP contribution in [0.1, 0.15) is 76.8 Å². The maximum absolute atomic E-state index is 13.3. The van der Waals surface area contributed by atoms with Gasteiger partial charge in [0, 0.05) is 41.1 Å². The third-order valence-electron chi connectivity index (χ3n) is 7.55. The van der Waals surface area contributed by atoms with Gasteiger partial charge in [0.15, 0.2) is 0 Å². The molecule has 43 heavy (non-hydrogen) atoms. The van der Waals surface area contributed by atoms with Gasteiger partial charge in [0.05, 0.1) is 17.8 Å².